The summed E-state index contributed by atoms with van der Waals surface area (Å²) in [6.07, 6.45) is 2.92. The van der Waals surface area contributed by atoms with Crippen molar-refractivity contribution in [3.8, 4) is 5.75 Å². The second kappa shape index (κ2) is 12.9. The van der Waals surface area contributed by atoms with Crippen LogP contribution in [0.25, 0.3) is 10.9 Å². The van der Waals surface area contributed by atoms with E-state index in [4.69, 9.17) is 26.3 Å². The Balaban J connectivity index is 1.84. The number of unbranched alkanes of at least 4 members (excludes halogenated alkanes) is 1. The first-order valence-corrected chi connectivity index (χ1v) is 11.3. The Bertz CT molecular complexity index is 1190. The fraction of sp³-hybridized carbons (Fsp3) is 0.333. The lowest BCUT2D eigenvalue weighted by Crippen LogP contribution is -2.17. The number of nitrogens with one attached hydrogen (secondary N) is 2. The van der Waals surface area contributed by atoms with E-state index in [0.29, 0.717) is 59.8 Å². The third-order valence-corrected chi connectivity index (χ3v) is 5.46. The molecule has 1 heterocycles. The van der Waals surface area contributed by atoms with E-state index < -0.39 is 11.7 Å². The summed E-state index contributed by atoms with van der Waals surface area (Å²) in [5.41, 5.74) is 3.37. The molecule has 35 heavy (non-hydrogen) atoms. The van der Waals surface area contributed by atoms with Gasteiger partial charge < -0.3 is 14.8 Å². The number of amides is 1. The highest BCUT2D eigenvalue weighted by molar-refractivity contribution is 6.31. The molecule has 3 N–H and O–H groups in total. The minimum absolute atomic E-state index is 0.0232. The van der Waals surface area contributed by atoms with E-state index in [1.807, 2.05) is 0 Å². The average molecular weight is 505 g/mol. The normalized spacial score (nSPS) is 10.9. The molecule has 0 aliphatic rings. The van der Waals surface area contributed by atoms with Gasteiger partial charge in [0.1, 0.15) is 36.1 Å². The van der Waals surface area contributed by atoms with Crippen LogP contribution in [0.2, 0.25) is 5.02 Å². The van der Waals surface area contributed by atoms with Crippen LogP contribution in [0.5, 0.6) is 5.75 Å². The number of hydroxylamine groups is 1. The summed E-state index contributed by atoms with van der Waals surface area (Å²) >= 11 is 5.89. The van der Waals surface area contributed by atoms with Crippen molar-refractivity contribution < 1.29 is 28.7 Å². The molecule has 0 aliphatic heterocycles. The molecule has 0 saturated carbocycles. The van der Waals surface area contributed by atoms with Crippen LogP contribution in [0, 0.1) is 5.82 Å². The Morgan fingerprint density at radius 2 is 1.91 bits per heavy atom. The lowest BCUT2D eigenvalue weighted by molar-refractivity contribution is -0.129. The Morgan fingerprint density at radius 1 is 1.11 bits per heavy atom. The highest BCUT2D eigenvalue weighted by atomic mass is 35.5. The number of hydrogen-bond donors (Lipinski definition) is 3. The molecule has 0 saturated heterocycles. The van der Waals surface area contributed by atoms with Crippen molar-refractivity contribution in [2.75, 3.05) is 25.6 Å². The first-order valence-electron chi connectivity index (χ1n) is 11.0. The summed E-state index contributed by atoms with van der Waals surface area (Å²) in [7, 11) is 1.57. The molecular weight excluding hydrogens is 479 g/mol. The molecule has 0 spiro atoms. The van der Waals surface area contributed by atoms with Gasteiger partial charge in [0.15, 0.2) is 0 Å². The van der Waals surface area contributed by atoms with E-state index in [0.717, 1.165) is 0 Å². The van der Waals surface area contributed by atoms with Crippen LogP contribution in [0.3, 0.4) is 0 Å². The van der Waals surface area contributed by atoms with Gasteiger partial charge in [-0.1, -0.05) is 11.6 Å². The lowest BCUT2D eigenvalue weighted by atomic mass is 10.0. The van der Waals surface area contributed by atoms with Crippen LogP contribution in [-0.2, 0) is 20.7 Å². The highest BCUT2D eigenvalue weighted by Crippen LogP contribution is 2.31. The summed E-state index contributed by atoms with van der Waals surface area (Å²) in [5, 5.41) is 12.3. The van der Waals surface area contributed by atoms with Gasteiger partial charge in [-0.25, -0.2) is 19.8 Å². The van der Waals surface area contributed by atoms with Crippen molar-refractivity contribution in [1.82, 2.24) is 15.4 Å². The fourth-order valence-electron chi connectivity index (χ4n) is 3.41. The quantitative estimate of drug-likeness (QED) is 0.178. The Labute approximate surface area is 206 Å². The van der Waals surface area contributed by atoms with Gasteiger partial charge in [0, 0.05) is 49.1 Å². The first kappa shape index (κ1) is 26.3. The number of nitrogens with zero attached hydrogens (tertiary/aromatic N) is 2. The monoisotopic (exact) mass is 504 g/mol. The van der Waals surface area contributed by atoms with Crippen LogP contribution < -0.4 is 15.5 Å². The number of anilines is 2. The van der Waals surface area contributed by atoms with Gasteiger partial charge in [0.25, 0.3) is 0 Å². The minimum Gasteiger partial charge on any atom is -0.491 e. The summed E-state index contributed by atoms with van der Waals surface area (Å²) in [5.74, 6) is -0.0624. The Kier molecular flexibility index (Phi) is 9.71. The van der Waals surface area contributed by atoms with Crippen LogP contribution in [0.4, 0.5) is 15.9 Å². The van der Waals surface area contributed by atoms with Crippen LogP contribution in [0.1, 0.15) is 31.2 Å². The second-order valence-corrected chi connectivity index (χ2v) is 8.16. The number of carbonyl (C=O) groups excluding carboxylic acids is 2. The van der Waals surface area contributed by atoms with Crippen molar-refractivity contribution >= 4 is 45.7 Å². The van der Waals surface area contributed by atoms with Gasteiger partial charge in [-0.2, -0.15) is 0 Å². The fourth-order valence-corrected chi connectivity index (χ4v) is 3.59. The SMILES string of the molecule is COCCOc1cc2ncnc(Nc3ccc(F)c(Cl)c3)c2cc1CC(=O)CCCCC(=O)NO. The molecule has 186 valence electrons. The van der Waals surface area contributed by atoms with Crippen molar-refractivity contribution in [3.63, 3.8) is 0 Å². The van der Waals surface area contributed by atoms with Gasteiger partial charge in [-0.05, 0) is 37.1 Å². The molecule has 1 amide bonds. The van der Waals surface area contributed by atoms with Gasteiger partial charge in [0.05, 0.1) is 17.1 Å². The maximum atomic E-state index is 13.5. The Morgan fingerprint density at radius 3 is 2.66 bits per heavy atom. The molecule has 9 nitrogen and oxygen atoms in total. The number of aromatic nitrogens is 2. The molecule has 0 fully saturated rings. The zero-order chi connectivity index (χ0) is 25.2. The third-order valence-electron chi connectivity index (χ3n) is 5.17. The number of ketones is 1. The Hall–Kier alpha value is -3.34. The number of fused-ring (bicyclic) bond motifs is 1. The molecule has 0 unspecified atom stereocenters. The number of benzene rings is 2. The number of rotatable bonds is 13. The zero-order valence-corrected chi connectivity index (χ0v) is 19.9. The summed E-state index contributed by atoms with van der Waals surface area (Å²) in [4.78, 5) is 32.4. The standard InChI is InChI=1S/C24H26ClFN4O5/c1-34-8-9-35-22-13-21-18(11-15(22)10-17(31)4-2-3-5-23(32)30-33)24(28-14-27-21)29-16-6-7-20(26)19(25)12-16/h6-7,11-14,33H,2-5,8-10H2,1H3,(H,30,32)(H,27,28,29). The topological polar surface area (TPSA) is 123 Å². The van der Waals surface area contributed by atoms with E-state index >= 15 is 0 Å². The molecule has 0 atom stereocenters. The highest BCUT2D eigenvalue weighted by Gasteiger charge is 2.15. The lowest BCUT2D eigenvalue weighted by Gasteiger charge is -2.14. The number of halogens is 2. The van der Waals surface area contributed by atoms with Crippen LogP contribution in [-0.4, -0.2) is 47.2 Å². The maximum absolute atomic E-state index is 13.5. The van der Waals surface area contributed by atoms with Gasteiger partial charge in [-0.3, -0.25) is 14.8 Å². The summed E-state index contributed by atoms with van der Waals surface area (Å²) in [6, 6.07) is 7.78. The molecule has 11 heteroatoms. The number of Topliss-reactive ketones (excluding diaryl/α,β-unsaturated/α-hetero) is 1. The summed E-state index contributed by atoms with van der Waals surface area (Å²) in [6.45, 7) is 0.671. The molecule has 0 radical (unpaired) electrons. The maximum Gasteiger partial charge on any atom is 0.243 e. The van der Waals surface area contributed by atoms with Crippen molar-refractivity contribution in [2.24, 2.45) is 0 Å². The summed E-state index contributed by atoms with van der Waals surface area (Å²) < 4.78 is 24.4. The average Bonchev–Trinajstić information content (AvgIpc) is 2.84. The van der Waals surface area contributed by atoms with Crippen LogP contribution in [0.15, 0.2) is 36.7 Å². The van der Waals surface area contributed by atoms with E-state index in [1.165, 1.54) is 18.5 Å². The van der Waals surface area contributed by atoms with Crippen molar-refractivity contribution in [3.05, 3.63) is 53.1 Å². The second-order valence-electron chi connectivity index (χ2n) is 7.75. The van der Waals surface area contributed by atoms with Gasteiger partial charge in [-0.15, -0.1) is 0 Å². The molecule has 0 aliphatic carbocycles. The van der Waals surface area contributed by atoms with Gasteiger partial charge in [0.2, 0.25) is 5.91 Å². The largest absolute Gasteiger partial charge is 0.491 e. The zero-order valence-electron chi connectivity index (χ0n) is 19.1. The molecule has 3 rings (SSSR count). The number of carbonyl (C=O) groups is 2. The van der Waals surface area contributed by atoms with E-state index in [1.54, 1.807) is 30.8 Å². The van der Waals surface area contributed by atoms with Gasteiger partial charge >= 0.3 is 0 Å². The molecule has 3 aromatic rings. The van der Waals surface area contributed by atoms with E-state index in [-0.39, 0.29) is 30.1 Å². The first-order chi connectivity index (χ1) is 16.9. The number of hydrogen-bond acceptors (Lipinski definition) is 8. The predicted molar refractivity (Wildman–Crippen MR) is 129 cm³/mol. The van der Waals surface area contributed by atoms with E-state index in [2.05, 4.69) is 15.3 Å². The molecular formula is C24H26ClFN4O5. The predicted octanol–water partition coefficient (Wildman–Crippen LogP) is 4.37. The smallest absolute Gasteiger partial charge is 0.243 e. The third kappa shape index (κ3) is 7.57. The minimum atomic E-state index is -0.527. The molecule has 1 aromatic heterocycles. The molecule has 2 aromatic carbocycles. The van der Waals surface area contributed by atoms with Crippen molar-refractivity contribution in [2.45, 2.75) is 32.1 Å². The van der Waals surface area contributed by atoms with E-state index in [9.17, 15) is 14.0 Å². The number of ether oxygens (including phenoxy) is 2. The van der Waals surface area contributed by atoms with Crippen molar-refractivity contribution in [1.29, 1.82) is 0 Å². The number of methoxy groups -OCH3 is 1. The molecule has 0 bridgehead atoms. The van der Waals surface area contributed by atoms with Crippen LogP contribution >= 0.6 is 11.6 Å².